The summed E-state index contributed by atoms with van der Waals surface area (Å²) in [6, 6.07) is 4.23. The Hall–Kier alpha value is -2.03. The van der Waals surface area contributed by atoms with Crippen molar-refractivity contribution in [1.29, 1.82) is 0 Å². The Morgan fingerprint density at radius 1 is 1.26 bits per heavy atom. The number of rotatable bonds is 3. The summed E-state index contributed by atoms with van der Waals surface area (Å²) in [5, 5.41) is 3.21. The van der Waals surface area contributed by atoms with Crippen molar-refractivity contribution in [3.8, 4) is 0 Å². The Bertz CT molecular complexity index is 892. The minimum Gasteiger partial charge on any atom is -0.609 e. The molecule has 0 saturated carbocycles. The molecule has 0 amide bonds. The van der Waals surface area contributed by atoms with Gasteiger partial charge in [0, 0.05) is 16.9 Å². The van der Waals surface area contributed by atoms with Gasteiger partial charge >= 0.3 is 5.16 Å². The van der Waals surface area contributed by atoms with Crippen molar-refractivity contribution < 1.29 is 8.94 Å². The van der Waals surface area contributed by atoms with Crippen LogP contribution in [-0.4, -0.2) is 30.7 Å². The largest absolute Gasteiger partial charge is 0.609 e. The summed E-state index contributed by atoms with van der Waals surface area (Å²) in [6.45, 7) is 1.73. The number of halogens is 2. The summed E-state index contributed by atoms with van der Waals surface area (Å²) in [5.74, 6) is 0.415. The van der Waals surface area contributed by atoms with Crippen molar-refractivity contribution in [3.05, 3.63) is 41.1 Å². The SMILES string of the molecule is Cc1nc(Nc2ccc(F)c(Cl)c2)c2nc([S+](C)[O-])ncc2n1. The molecule has 1 N–H and O–H groups in total. The Labute approximate surface area is 139 Å². The van der Waals surface area contributed by atoms with Gasteiger partial charge in [0.1, 0.15) is 28.9 Å². The molecule has 0 spiro atoms. The number of hydrogen-bond donors (Lipinski definition) is 1. The third-order valence-electron chi connectivity index (χ3n) is 2.97. The molecule has 118 valence electrons. The second-order valence-electron chi connectivity index (χ2n) is 4.71. The van der Waals surface area contributed by atoms with Gasteiger partial charge in [-0.05, 0) is 25.1 Å². The minimum atomic E-state index is -1.33. The second-order valence-corrected chi connectivity index (χ2v) is 6.39. The van der Waals surface area contributed by atoms with E-state index in [-0.39, 0.29) is 10.2 Å². The molecule has 3 rings (SSSR count). The predicted octanol–water partition coefficient (Wildman–Crippen LogP) is 3.00. The van der Waals surface area contributed by atoms with E-state index in [1.165, 1.54) is 30.7 Å². The maximum Gasteiger partial charge on any atom is 0.343 e. The monoisotopic (exact) mass is 351 g/mol. The fourth-order valence-electron chi connectivity index (χ4n) is 1.97. The fourth-order valence-corrected chi connectivity index (χ4v) is 2.57. The van der Waals surface area contributed by atoms with Gasteiger partial charge in [0.05, 0.1) is 11.2 Å². The molecule has 0 fully saturated rings. The molecule has 9 heteroatoms. The molecule has 2 heterocycles. The summed E-state index contributed by atoms with van der Waals surface area (Å²) in [4.78, 5) is 16.8. The van der Waals surface area contributed by atoms with Gasteiger partial charge in [0.2, 0.25) is 0 Å². The number of hydrogen-bond acceptors (Lipinski definition) is 6. The molecule has 6 nitrogen and oxygen atoms in total. The van der Waals surface area contributed by atoms with Crippen LogP contribution in [0.2, 0.25) is 5.02 Å². The van der Waals surface area contributed by atoms with Crippen LogP contribution in [0.1, 0.15) is 5.82 Å². The molecular weight excluding hydrogens is 341 g/mol. The summed E-state index contributed by atoms with van der Waals surface area (Å²) >= 11 is 4.45. The van der Waals surface area contributed by atoms with Crippen molar-refractivity contribution in [3.63, 3.8) is 0 Å². The van der Waals surface area contributed by atoms with Gasteiger partial charge in [-0.25, -0.2) is 14.4 Å². The van der Waals surface area contributed by atoms with Crippen LogP contribution in [0.5, 0.6) is 0 Å². The highest BCUT2D eigenvalue weighted by Crippen LogP contribution is 2.25. The lowest BCUT2D eigenvalue weighted by atomic mass is 10.3. The minimum absolute atomic E-state index is 0.00457. The lowest BCUT2D eigenvalue weighted by molar-refractivity contribution is 0.592. The number of aryl methyl sites for hydroxylation is 1. The van der Waals surface area contributed by atoms with E-state index in [2.05, 4.69) is 25.3 Å². The average molecular weight is 352 g/mol. The molecule has 0 bridgehead atoms. The smallest absolute Gasteiger partial charge is 0.343 e. The zero-order chi connectivity index (χ0) is 16.6. The van der Waals surface area contributed by atoms with Gasteiger partial charge in [0.15, 0.2) is 5.82 Å². The van der Waals surface area contributed by atoms with E-state index in [1.807, 2.05) is 0 Å². The highest BCUT2D eigenvalue weighted by molar-refractivity contribution is 7.90. The second kappa shape index (κ2) is 6.23. The molecule has 1 atom stereocenters. The summed E-state index contributed by atoms with van der Waals surface area (Å²) in [6.07, 6.45) is 2.99. The number of nitrogens with one attached hydrogen (secondary N) is 1. The molecule has 23 heavy (non-hydrogen) atoms. The predicted molar refractivity (Wildman–Crippen MR) is 86.9 cm³/mol. The molecule has 3 aromatic rings. The lowest BCUT2D eigenvalue weighted by Gasteiger charge is -2.10. The zero-order valence-corrected chi connectivity index (χ0v) is 13.7. The first kappa shape index (κ1) is 15.9. The molecule has 0 aliphatic heterocycles. The van der Waals surface area contributed by atoms with Gasteiger partial charge in [-0.15, -0.1) is 0 Å². The van der Waals surface area contributed by atoms with Crippen LogP contribution in [0, 0.1) is 12.7 Å². The van der Waals surface area contributed by atoms with Crippen molar-refractivity contribution in [1.82, 2.24) is 19.9 Å². The topological polar surface area (TPSA) is 86.7 Å². The normalized spacial score (nSPS) is 12.4. The first-order chi connectivity index (χ1) is 10.9. The molecule has 0 radical (unpaired) electrons. The molecule has 0 saturated heterocycles. The van der Waals surface area contributed by atoms with E-state index in [1.54, 1.807) is 6.92 Å². The quantitative estimate of drug-likeness (QED) is 0.576. The van der Waals surface area contributed by atoms with Gasteiger partial charge in [-0.1, -0.05) is 11.6 Å². The Balaban J connectivity index is 2.10. The first-order valence-electron chi connectivity index (χ1n) is 6.51. The average Bonchev–Trinajstić information content (AvgIpc) is 2.50. The van der Waals surface area contributed by atoms with Gasteiger partial charge in [0.25, 0.3) is 0 Å². The fraction of sp³-hybridized carbons (Fsp3) is 0.143. The van der Waals surface area contributed by atoms with Gasteiger partial charge < -0.3 is 9.87 Å². The van der Waals surface area contributed by atoms with Crippen LogP contribution < -0.4 is 5.32 Å². The maximum atomic E-state index is 13.3. The van der Waals surface area contributed by atoms with E-state index in [0.717, 1.165) is 0 Å². The van der Waals surface area contributed by atoms with Gasteiger partial charge in [-0.3, -0.25) is 0 Å². The van der Waals surface area contributed by atoms with Crippen LogP contribution in [0.4, 0.5) is 15.9 Å². The van der Waals surface area contributed by atoms with E-state index >= 15 is 0 Å². The van der Waals surface area contributed by atoms with E-state index in [4.69, 9.17) is 11.6 Å². The molecule has 2 aromatic heterocycles. The maximum absolute atomic E-state index is 13.3. The number of fused-ring (bicyclic) bond motifs is 1. The van der Waals surface area contributed by atoms with Crippen LogP contribution >= 0.6 is 11.6 Å². The molecule has 0 aliphatic carbocycles. The summed E-state index contributed by atoms with van der Waals surface area (Å²) < 4.78 is 24.8. The standard InChI is InChI=1S/C14H11ClFN5OS/c1-7-18-11-6-17-14(23(2)22)21-12(11)13(19-7)20-8-3-4-10(16)9(15)5-8/h3-6H,1-2H3,(H,18,19,20). The van der Waals surface area contributed by atoms with Crippen LogP contribution in [0.3, 0.4) is 0 Å². The van der Waals surface area contributed by atoms with E-state index in [0.29, 0.717) is 28.4 Å². The number of anilines is 2. The zero-order valence-electron chi connectivity index (χ0n) is 12.2. The molecular formula is C14H11ClFN5OS. The van der Waals surface area contributed by atoms with E-state index < -0.39 is 17.0 Å². The highest BCUT2D eigenvalue weighted by atomic mass is 35.5. The third-order valence-corrected chi connectivity index (χ3v) is 3.97. The molecule has 1 unspecified atom stereocenters. The first-order valence-corrected chi connectivity index (χ1v) is 8.44. The Morgan fingerprint density at radius 3 is 2.74 bits per heavy atom. The van der Waals surface area contributed by atoms with Crippen molar-refractivity contribution in [2.75, 3.05) is 11.6 Å². The Morgan fingerprint density at radius 2 is 2.04 bits per heavy atom. The number of aromatic nitrogens is 4. The molecule has 0 aliphatic rings. The summed E-state index contributed by atoms with van der Waals surface area (Å²) in [5.41, 5.74) is 1.49. The number of nitrogens with zero attached hydrogens (tertiary/aromatic N) is 4. The van der Waals surface area contributed by atoms with E-state index in [9.17, 15) is 8.94 Å². The Kier molecular flexibility index (Phi) is 4.29. The van der Waals surface area contributed by atoms with Crippen molar-refractivity contribution in [2.45, 2.75) is 12.1 Å². The highest BCUT2D eigenvalue weighted by Gasteiger charge is 2.15. The number of benzene rings is 1. The third kappa shape index (κ3) is 3.34. The van der Waals surface area contributed by atoms with Crippen LogP contribution in [-0.2, 0) is 11.2 Å². The van der Waals surface area contributed by atoms with Crippen LogP contribution in [0.25, 0.3) is 11.0 Å². The van der Waals surface area contributed by atoms with Gasteiger partial charge in [-0.2, -0.15) is 9.97 Å². The van der Waals surface area contributed by atoms with Crippen molar-refractivity contribution >= 4 is 45.3 Å². The molecule has 1 aromatic carbocycles. The lowest BCUT2D eigenvalue weighted by Crippen LogP contribution is -2.07. The van der Waals surface area contributed by atoms with Crippen molar-refractivity contribution in [2.24, 2.45) is 0 Å². The van der Waals surface area contributed by atoms with Crippen LogP contribution in [0.15, 0.2) is 29.6 Å². The summed E-state index contributed by atoms with van der Waals surface area (Å²) in [7, 11) is 0.